The fourth-order valence-corrected chi connectivity index (χ4v) is 1.86. The van der Waals surface area contributed by atoms with Gasteiger partial charge in [-0.1, -0.05) is 24.3 Å². The predicted molar refractivity (Wildman–Crippen MR) is 71.5 cm³/mol. The molecule has 2 rings (SSSR count). The van der Waals surface area contributed by atoms with Gasteiger partial charge in [0.1, 0.15) is 5.82 Å². The van der Waals surface area contributed by atoms with E-state index in [1.807, 2.05) is 37.5 Å². The van der Waals surface area contributed by atoms with Gasteiger partial charge >= 0.3 is 0 Å². The van der Waals surface area contributed by atoms with Gasteiger partial charge in [0.15, 0.2) is 0 Å². The third kappa shape index (κ3) is 2.63. The molecule has 0 amide bonds. The molecule has 0 aliphatic rings. The number of hydrogen-bond donors (Lipinski definition) is 1. The van der Waals surface area contributed by atoms with Crippen LogP contribution >= 0.6 is 0 Å². The number of rotatable bonds is 4. The number of aromatic nitrogens is 1. The van der Waals surface area contributed by atoms with Gasteiger partial charge in [-0.3, -0.25) is 0 Å². The number of hydrogen-bond acceptors (Lipinski definition) is 3. The number of nitrogens with two attached hydrogens (primary N) is 1. The number of nitrogens with zero attached hydrogens (tertiary/aromatic N) is 2. The van der Waals surface area contributed by atoms with Crippen LogP contribution in [0.5, 0.6) is 0 Å². The van der Waals surface area contributed by atoms with Gasteiger partial charge in [0.05, 0.1) is 0 Å². The Morgan fingerprint density at radius 3 is 2.59 bits per heavy atom. The largest absolute Gasteiger partial charge is 0.330 e. The molecule has 88 valence electrons. The number of para-hydroxylation sites is 1. The van der Waals surface area contributed by atoms with E-state index in [2.05, 4.69) is 28.1 Å². The molecule has 0 aliphatic carbocycles. The second-order valence-corrected chi connectivity index (χ2v) is 3.92. The molecule has 1 aromatic heterocycles. The fraction of sp³-hybridized carbons (Fsp3) is 0.214. The Bertz CT molecular complexity index is 468. The van der Waals surface area contributed by atoms with Crippen LogP contribution in [0.15, 0.2) is 48.7 Å². The van der Waals surface area contributed by atoms with Crippen LogP contribution in [0.1, 0.15) is 5.56 Å². The summed E-state index contributed by atoms with van der Waals surface area (Å²) in [6, 6.07) is 14.2. The van der Waals surface area contributed by atoms with Crippen LogP contribution in [-0.4, -0.2) is 18.6 Å². The molecule has 17 heavy (non-hydrogen) atoms. The van der Waals surface area contributed by atoms with Crippen molar-refractivity contribution in [1.82, 2.24) is 4.98 Å². The first kappa shape index (κ1) is 11.6. The summed E-state index contributed by atoms with van der Waals surface area (Å²) in [6.45, 7) is 0.640. The Morgan fingerprint density at radius 2 is 1.88 bits per heavy atom. The molecule has 1 heterocycles. The van der Waals surface area contributed by atoms with Crippen molar-refractivity contribution in [2.75, 3.05) is 18.5 Å². The van der Waals surface area contributed by atoms with E-state index in [0.29, 0.717) is 6.54 Å². The van der Waals surface area contributed by atoms with Gasteiger partial charge in [0, 0.05) is 18.9 Å². The highest BCUT2D eigenvalue weighted by atomic mass is 15.2. The van der Waals surface area contributed by atoms with Gasteiger partial charge in [-0.15, -0.1) is 0 Å². The highest BCUT2D eigenvalue weighted by Crippen LogP contribution is 2.24. The minimum absolute atomic E-state index is 0.640. The van der Waals surface area contributed by atoms with E-state index in [9.17, 15) is 0 Å². The molecular formula is C14H17N3. The molecule has 0 bridgehead atoms. The highest BCUT2D eigenvalue weighted by Gasteiger charge is 2.09. The van der Waals surface area contributed by atoms with Crippen molar-refractivity contribution in [2.45, 2.75) is 6.42 Å². The molecule has 3 heteroatoms. The maximum absolute atomic E-state index is 5.62. The quantitative estimate of drug-likeness (QED) is 0.871. The van der Waals surface area contributed by atoms with E-state index in [0.717, 1.165) is 17.9 Å². The topological polar surface area (TPSA) is 42.2 Å². The van der Waals surface area contributed by atoms with E-state index in [-0.39, 0.29) is 0 Å². The minimum Gasteiger partial charge on any atom is -0.330 e. The molecule has 3 nitrogen and oxygen atoms in total. The van der Waals surface area contributed by atoms with Crippen LogP contribution in [0.3, 0.4) is 0 Å². The van der Waals surface area contributed by atoms with E-state index in [1.165, 1.54) is 5.56 Å². The molecule has 0 unspecified atom stereocenters. The van der Waals surface area contributed by atoms with Crippen LogP contribution < -0.4 is 10.6 Å². The fourth-order valence-electron chi connectivity index (χ4n) is 1.86. The molecule has 1 aromatic carbocycles. The summed E-state index contributed by atoms with van der Waals surface area (Å²) >= 11 is 0. The summed E-state index contributed by atoms with van der Waals surface area (Å²) in [6.07, 6.45) is 2.66. The van der Waals surface area contributed by atoms with Crippen molar-refractivity contribution in [2.24, 2.45) is 5.73 Å². The zero-order valence-corrected chi connectivity index (χ0v) is 10.0. The monoisotopic (exact) mass is 227 g/mol. The van der Waals surface area contributed by atoms with Crippen LogP contribution in [0.25, 0.3) is 0 Å². The Morgan fingerprint density at radius 1 is 1.12 bits per heavy atom. The molecule has 0 fully saturated rings. The lowest BCUT2D eigenvalue weighted by molar-refractivity contribution is 0.946. The van der Waals surface area contributed by atoms with E-state index >= 15 is 0 Å². The number of benzene rings is 1. The Balaban J connectivity index is 2.33. The first-order valence-corrected chi connectivity index (χ1v) is 5.75. The van der Waals surface area contributed by atoms with Crippen LogP contribution in [0, 0.1) is 0 Å². The summed E-state index contributed by atoms with van der Waals surface area (Å²) in [7, 11) is 2.03. The summed E-state index contributed by atoms with van der Waals surface area (Å²) in [5, 5.41) is 0. The van der Waals surface area contributed by atoms with Crippen molar-refractivity contribution in [3.05, 3.63) is 54.2 Å². The van der Waals surface area contributed by atoms with Crippen LogP contribution in [0.2, 0.25) is 0 Å². The molecule has 0 radical (unpaired) electrons. The standard InChI is InChI=1S/C14H17N3/c1-17(13-7-3-2-4-8-13)14-12(9-10-15)6-5-11-16-14/h2-8,11H,9-10,15H2,1H3. The van der Waals surface area contributed by atoms with Gasteiger partial charge in [-0.2, -0.15) is 0 Å². The first-order chi connectivity index (χ1) is 8.33. The average molecular weight is 227 g/mol. The van der Waals surface area contributed by atoms with Crippen molar-refractivity contribution in [3.63, 3.8) is 0 Å². The lowest BCUT2D eigenvalue weighted by Crippen LogP contribution is -2.15. The van der Waals surface area contributed by atoms with Crippen LogP contribution in [0.4, 0.5) is 11.5 Å². The lowest BCUT2D eigenvalue weighted by Gasteiger charge is -2.21. The van der Waals surface area contributed by atoms with E-state index in [4.69, 9.17) is 5.73 Å². The molecular weight excluding hydrogens is 210 g/mol. The summed E-state index contributed by atoms with van der Waals surface area (Å²) < 4.78 is 0. The normalized spacial score (nSPS) is 10.2. The van der Waals surface area contributed by atoms with Gasteiger partial charge in [0.2, 0.25) is 0 Å². The smallest absolute Gasteiger partial charge is 0.135 e. The molecule has 0 saturated carbocycles. The van der Waals surface area contributed by atoms with E-state index in [1.54, 1.807) is 0 Å². The number of pyridine rings is 1. The third-order valence-corrected chi connectivity index (χ3v) is 2.74. The maximum atomic E-state index is 5.62. The van der Waals surface area contributed by atoms with E-state index < -0.39 is 0 Å². The second-order valence-electron chi connectivity index (χ2n) is 3.92. The summed E-state index contributed by atoms with van der Waals surface area (Å²) in [4.78, 5) is 6.53. The Labute approximate surface area is 102 Å². The van der Waals surface area contributed by atoms with Gasteiger partial charge < -0.3 is 10.6 Å². The molecule has 2 N–H and O–H groups in total. The minimum atomic E-state index is 0.640. The van der Waals surface area contributed by atoms with Crippen molar-refractivity contribution >= 4 is 11.5 Å². The molecule has 0 aliphatic heterocycles. The molecule has 0 atom stereocenters. The average Bonchev–Trinajstić information content (AvgIpc) is 2.40. The lowest BCUT2D eigenvalue weighted by atomic mass is 10.1. The molecule has 0 spiro atoms. The SMILES string of the molecule is CN(c1ccccc1)c1ncccc1CCN. The Kier molecular flexibility index (Phi) is 3.73. The highest BCUT2D eigenvalue weighted by molar-refractivity contribution is 5.61. The summed E-state index contributed by atoms with van der Waals surface area (Å²) in [5.74, 6) is 0.976. The maximum Gasteiger partial charge on any atom is 0.135 e. The van der Waals surface area contributed by atoms with Crippen molar-refractivity contribution in [1.29, 1.82) is 0 Å². The zero-order chi connectivity index (χ0) is 12.1. The number of anilines is 2. The van der Waals surface area contributed by atoms with Gasteiger partial charge in [-0.05, 0) is 36.7 Å². The zero-order valence-electron chi connectivity index (χ0n) is 10.0. The second kappa shape index (κ2) is 5.46. The predicted octanol–water partition coefficient (Wildman–Crippen LogP) is 2.35. The first-order valence-electron chi connectivity index (χ1n) is 5.75. The van der Waals surface area contributed by atoms with Crippen molar-refractivity contribution < 1.29 is 0 Å². The van der Waals surface area contributed by atoms with Crippen LogP contribution in [-0.2, 0) is 6.42 Å². The Hall–Kier alpha value is -1.87. The van der Waals surface area contributed by atoms with Gasteiger partial charge in [0.25, 0.3) is 0 Å². The summed E-state index contributed by atoms with van der Waals surface area (Å²) in [5.41, 5.74) is 7.93. The third-order valence-electron chi connectivity index (χ3n) is 2.74. The van der Waals surface area contributed by atoms with Gasteiger partial charge in [-0.25, -0.2) is 4.98 Å². The molecule has 2 aromatic rings. The van der Waals surface area contributed by atoms with Crippen molar-refractivity contribution in [3.8, 4) is 0 Å². The molecule has 0 saturated heterocycles.